The molecule has 0 unspecified atom stereocenters. The highest BCUT2D eigenvalue weighted by Crippen LogP contribution is 2.35. The van der Waals surface area contributed by atoms with E-state index in [4.69, 9.17) is 4.74 Å². The van der Waals surface area contributed by atoms with Gasteiger partial charge in [-0.05, 0) is 56.3 Å². The Morgan fingerprint density at radius 3 is 2.47 bits per heavy atom. The molecule has 0 atom stereocenters. The van der Waals surface area contributed by atoms with Gasteiger partial charge in [-0.3, -0.25) is 0 Å². The molecule has 1 saturated carbocycles. The molecule has 1 fully saturated rings. The Hall–Kier alpha value is -0.380. The minimum atomic E-state index is 0.0360. The number of halogens is 1. The van der Waals surface area contributed by atoms with Gasteiger partial charge in [-0.1, -0.05) is 35.0 Å². The maximum Gasteiger partial charge on any atom is 0.0810 e. The van der Waals surface area contributed by atoms with Gasteiger partial charge in [0.25, 0.3) is 0 Å². The summed E-state index contributed by atoms with van der Waals surface area (Å²) in [6.45, 7) is 4.01. The first-order chi connectivity index (χ1) is 9.13. The van der Waals surface area contributed by atoms with Gasteiger partial charge in [0.05, 0.1) is 12.2 Å². The van der Waals surface area contributed by atoms with Gasteiger partial charge in [-0.15, -0.1) is 0 Å². The summed E-state index contributed by atoms with van der Waals surface area (Å²) in [5.74, 6) is 0.848. The van der Waals surface area contributed by atoms with Crippen molar-refractivity contribution in [2.24, 2.45) is 5.92 Å². The smallest absolute Gasteiger partial charge is 0.0810 e. The van der Waals surface area contributed by atoms with Crippen LogP contribution in [0, 0.1) is 5.92 Å². The van der Waals surface area contributed by atoms with Gasteiger partial charge < -0.3 is 10.1 Å². The van der Waals surface area contributed by atoms with Gasteiger partial charge in [0.1, 0.15) is 0 Å². The van der Waals surface area contributed by atoms with Crippen molar-refractivity contribution >= 4 is 15.9 Å². The lowest BCUT2D eigenvalue weighted by Crippen LogP contribution is -2.44. The second-order valence-corrected chi connectivity index (χ2v) is 6.73. The number of ether oxygens (including phenoxy) is 1. The largest absolute Gasteiger partial charge is 0.369 e. The minimum Gasteiger partial charge on any atom is -0.369 e. The lowest BCUT2D eigenvalue weighted by molar-refractivity contribution is -0.0840. The molecule has 3 heteroatoms. The third-order valence-electron chi connectivity index (χ3n) is 4.14. The van der Waals surface area contributed by atoms with Gasteiger partial charge in [-0.25, -0.2) is 0 Å². The number of benzene rings is 1. The van der Waals surface area contributed by atoms with Gasteiger partial charge in [0.2, 0.25) is 0 Å². The van der Waals surface area contributed by atoms with Crippen molar-refractivity contribution in [2.75, 3.05) is 13.6 Å². The van der Waals surface area contributed by atoms with Gasteiger partial charge in [0, 0.05) is 11.0 Å². The molecule has 2 nitrogen and oxygen atoms in total. The summed E-state index contributed by atoms with van der Waals surface area (Å²) in [5.41, 5.74) is 1.28. The standard InChI is InChI=1S/C16H24BrNO/c1-13-7-9-16(10-8-13,12-18-2)19-11-14-3-5-15(17)6-4-14/h3-6,13,18H,7-12H2,1-2H3. The number of hydrogen-bond donors (Lipinski definition) is 1. The SMILES string of the molecule is CNCC1(OCc2ccc(Br)cc2)CCC(C)CC1. The Morgan fingerprint density at radius 2 is 1.89 bits per heavy atom. The maximum atomic E-state index is 6.31. The molecule has 1 aromatic rings. The van der Waals surface area contributed by atoms with Crippen LogP contribution in [0.4, 0.5) is 0 Å². The number of rotatable bonds is 5. The summed E-state index contributed by atoms with van der Waals surface area (Å²) in [6, 6.07) is 8.41. The summed E-state index contributed by atoms with van der Waals surface area (Å²) in [5, 5.41) is 3.31. The highest BCUT2D eigenvalue weighted by atomic mass is 79.9. The zero-order chi connectivity index (χ0) is 13.7. The van der Waals surface area contributed by atoms with E-state index in [1.54, 1.807) is 0 Å². The van der Waals surface area contributed by atoms with Crippen LogP contribution in [0.1, 0.15) is 38.2 Å². The summed E-state index contributed by atoms with van der Waals surface area (Å²) >= 11 is 3.46. The molecule has 0 aromatic heterocycles. The molecule has 106 valence electrons. The quantitative estimate of drug-likeness (QED) is 0.878. The molecule has 0 bridgehead atoms. The summed E-state index contributed by atoms with van der Waals surface area (Å²) in [7, 11) is 2.02. The number of nitrogens with one attached hydrogen (secondary N) is 1. The Morgan fingerprint density at radius 1 is 1.26 bits per heavy atom. The zero-order valence-electron chi connectivity index (χ0n) is 11.9. The van der Waals surface area contributed by atoms with Crippen LogP contribution in [0.5, 0.6) is 0 Å². The van der Waals surface area contributed by atoms with Crippen LogP contribution in [-0.4, -0.2) is 19.2 Å². The van der Waals surface area contributed by atoms with E-state index in [2.05, 4.69) is 52.4 Å². The predicted molar refractivity (Wildman–Crippen MR) is 83.2 cm³/mol. The summed E-state index contributed by atoms with van der Waals surface area (Å²) < 4.78 is 7.43. The molecule has 19 heavy (non-hydrogen) atoms. The van der Waals surface area contributed by atoms with Crippen molar-refractivity contribution in [1.82, 2.24) is 5.32 Å². The highest BCUT2D eigenvalue weighted by molar-refractivity contribution is 9.10. The second-order valence-electron chi connectivity index (χ2n) is 5.81. The van der Waals surface area contributed by atoms with Crippen LogP contribution in [0.3, 0.4) is 0 Å². The molecular formula is C16H24BrNO. The van der Waals surface area contributed by atoms with E-state index < -0.39 is 0 Å². The molecule has 2 rings (SSSR count). The fourth-order valence-corrected chi connectivity index (χ4v) is 3.06. The molecule has 0 radical (unpaired) electrons. The van der Waals surface area contributed by atoms with Crippen molar-refractivity contribution in [3.63, 3.8) is 0 Å². The lowest BCUT2D eigenvalue weighted by atomic mass is 9.79. The first kappa shape index (κ1) is 15.0. The van der Waals surface area contributed by atoms with Crippen molar-refractivity contribution < 1.29 is 4.74 Å². The van der Waals surface area contributed by atoms with Crippen molar-refractivity contribution in [3.8, 4) is 0 Å². The van der Waals surface area contributed by atoms with E-state index in [-0.39, 0.29) is 5.60 Å². The molecule has 1 aliphatic rings. The average molecular weight is 326 g/mol. The lowest BCUT2D eigenvalue weighted by Gasteiger charge is -2.39. The van der Waals surface area contributed by atoms with E-state index in [0.29, 0.717) is 6.61 Å². The maximum absolute atomic E-state index is 6.31. The molecule has 0 spiro atoms. The van der Waals surface area contributed by atoms with E-state index >= 15 is 0 Å². The predicted octanol–water partition coefficient (Wildman–Crippen LogP) is 4.13. The Bertz CT molecular complexity index is 382. The zero-order valence-corrected chi connectivity index (χ0v) is 13.5. The summed E-state index contributed by atoms with van der Waals surface area (Å²) in [4.78, 5) is 0. The molecule has 0 aliphatic heterocycles. The van der Waals surface area contributed by atoms with E-state index in [1.807, 2.05) is 7.05 Å². The summed E-state index contributed by atoms with van der Waals surface area (Å²) in [6.07, 6.45) is 4.90. The van der Waals surface area contributed by atoms with Crippen LogP contribution >= 0.6 is 15.9 Å². The van der Waals surface area contributed by atoms with Crippen molar-refractivity contribution in [2.45, 2.75) is 44.8 Å². The van der Waals surface area contributed by atoms with Crippen LogP contribution in [0.25, 0.3) is 0 Å². The molecule has 1 aromatic carbocycles. The molecule has 0 heterocycles. The van der Waals surface area contributed by atoms with Crippen LogP contribution in [0.2, 0.25) is 0 Å². The topological polar surface area (TPSA) is 21.3 Å². The van der Waals surface area contributed by atoms with E-state index in [0.717, 1.165) is 16.9 Å². The Balaban J connectivity index is 1.95. The Labute approximate surface area is 125 Å². The molecule has 0 saturated heterocycles. The normalized spacial score (nSPS) is 27.4. The van der Waals surface area contributed by atoms with Crippen LogP contribution in [0.15, 0.2) is 28.7 Å². The Kier molecular flexibility index (Phi) is 5.43. The first-order valence-electron chi connectivity index (χ1n) is 7.16. The van der Waals surface area contributed by atoms with Gasteiger partial charge in [-0.2, -0.15) is 0 Å². The first-order valence-corrected chi connectivity index (χ1v) is 7.96. The highest BCUT2D eigenvalue weighted by Gasteiger charge is 2.34. The van der Waals surface area contributed by atoms with Gasteiger partial charge in [0.15, 0.2) is 0 Å². The van der Waals surface area contributed by atoms with Gasteiger partial charge >= 0.3 is 0 Å². The third kappa shape index (κ3) is 4.30. The number of hydrogen-bond acceptors (Lipinski definition) is 2. The van der Waals surface area contributed by atoms with E-state index in [1.165, 1.54) is 31.2 Å². The third-order valence-corrected chi connectivity index (χ3v) is 4.67. The molecule has 0 amide bonds. The van der Waals surface area contributed by atoms with Crippen LogP contribution in [-0.2, 0) is 11.3 Å². The number of likely N-dealkylation sites (N-methyl/N-ethyl adjacent to an activating group) is 1. The average Bonchev–Trinajstić information content (AvgIpc) is 2.42. The molecular weight excluding hydrogens is 302 g/mol. The van der Waals surface area contributed by atoms with Crippen LogP contribution < -0.4 is 5.32 Å². The van der Waals surface area contributed by atoms with Crippen molar-refractivity contribution in [3.05, 3.63) is 34.3 Å². The van der Waals surface area contributed by atoms with Crippen molar-refractivity contribution in [1.29, 1.82) is 0 Å². The monoisotopic (exact) mass is 325 g/mol. The fraction of sp³-hybridized carbons (Fsp3) is 0.625. The fourth-order valence-electron chi connectivity index (χ4n) is 2.80. The second kappa shape index (κ2) is 6.87. The molecule has 1 aliphatic carbocycles. The minimum absolute atomic E-state index is 0.0360. The molecule has 1 N–H and O–H groups in total. The van der Waals surface area contributed by atoms with E-state index in [9.17, 15) is 0 Å².